The second-order valence-corrected chi connectivity index (χ2v) is 7.15. The number of hydrogen-bond acceptors (Lipinski definition) is 3. The van der Waals surface area contributed by atoms with Crippen molar-refractivity contribution in [1.82, 2.24) is 0 Å². The number of hydrogen-bond donors (Lipinski definition) is 0. The van der Waals surface area contributed by atoms with Crippen LogP contribution in [0.2, 0.25) is 0 Å². The SMILES string of the molecule is COC(=O)c1ccc(I)cc1N1CCC2(C)CC2C1. The van der Waals surface area contributed by atoms with Gasteiger partial charge in [-0.05, 0) is 65.0 Å². The van der Waals surface area contributed by atoms with E-state index in [1.54, 1.807) is 0 Å². The minimum absolute atomic E-state index is 0.240. The van der Waals surface area contributed by atoms with Crippen LogP contribution in [0.25, 0.3) is 0 Å². The monoisotopic (exact) mass is 371 g/mol. The summed E-state index contributed by atoms with van der Waals surface area (Å²) in [5.74, 6) is 0.556. The maximum Gasteiger partial charge on any atom is 0.339 e. The summed E-state index contributed by atoms with van der Waals surface area (Å²) in [5.41, 5.74) is 2.30. The van der Waals surface area contributed by atoms with Gasteiger partial charge in [0.25, 0.3) is 0 Å². The number of carbonyl (C=O) groups excluding carboxylic acids is 1. The molecule has 4 heteroatoms. The average Bonchev–Trinajstić information content (AvgIpc) is 3.08. The third kappa shape index (κ3) is 2.35. The number of piperidine rings is 1. The maximum absolute atomic E-state index is 11.9. The van der Waals surface area contributed by atoms with Gasteiger partial charge in [-0.2, -0.15) is 0 Å². The van der Waals surface area contributed by atoms with Gasteiger partial charge >= 0.3 is 5.97 Å². The van der Waals surface area contributed by atoms with Crippen LogP contribution < -0.4 is 4.90 Å². The highest BCUT2D eigenvalue weighted by Gasteiger charge is 2.52. The number of fused-ring (bicyclic) bond motifs is 1. The van der Waals surface area contributed by atoms with E-state index in [9.17, 15) is 4.79 Å². The zero-order valence-corrected chi connectivity index (χ0v) is 13.4. The molecule has 2 atom stereocenters. The summed E-state index contributed by atoms with van der Waals surface area (Å²) < 4.78 is 6.05. The highest BCUT2D eigenvalue weighted by atomic mass is 127. The molecule has 2 unspecified atom stereocenters. The van der Waals surface area contributed by atoms with Crippen LogP contribution in [0.3, 0.4) is 0 Å². The number of benzene rings is 1. The molecule has 3 nitrogen and oxygen atoms in total. The van der Waals surface area contributed by atoms with E-state index in [1.807, 2.05) is 12.1 Å². The molecule has 2 aliphatic rings. The van der Waals surface area contributed by atoms with Gasteiger partial charge in [-0.15, -0.1) is 0 Å². The van der Waals surface area contributed by atoms with Crippen LogP contribution in [0.15, 0.2) is 18.2 Å². The first-order valence-corrected chi connectivity index (χ1v) is 7.74. The van der Waals surface area contributed by atoms with Gasteiger partial charge in [-0.3, -0.25) is 0 Å². The van der Waals surface area contributed by atoms with Gasteiger partial charge in [0.2, 0.25) is 0 Å². The van der Waals surface area contributed by atoms with E-state index in [4.69, 9.17) is 4.74 Å². The van der Waals surface area contributed by atoms with Crippen molar-refractivity contribution in [3.8, 4) is 0 Å². The highest BCUT2D eigenvalue weighted by Crippen LogP contribution is 2.57. The predicted molar refractivity (Wildman–Crippen MR) is 83.5 cm³/mol. The number of anilines is 1. The number of methoxy groups -OCH3 is 1. The van der Waals surface area contributed by atoms with Gasteiger partial charge in [0.1, 0.15) is 0 Å². The number of nitrogens with zero attached hydrogens (tertiary/aromatic N) is 1. The van der Waals surface area contributed by atoms with Crippen LogP contribution in [0.1, 0.15) is 30.1 Å². The largest absolute Gasteiger partial charge is 0.465 e. The Morgan fingerprint density at radius 3 is 3.00 bits per heavy atom. The second kappa shape index (κ2) is 4.65. The Hall–Kier alpha value is -0.780. The molecule has 1 aromatic rings. The molecule has 0 bridgehead atoms. The molecule has 1 aliphatic heterocycles. The first-order chi connectivity index (χ1) is 9.03. The molecule has 0 amide bonds. The molecule has 1 aliphatic carbocycles. The Kier molecular flexibility index (Phi) is 3.23. The van der Waals surface area contributed by atoms with Crippen molar-refractivity contribution < 1.29 is 9.53 Å². The number of carbonyl (C=O) groups is 1. The Labute approximate surface area is 127 Å². The van der Waals surface area contributed by atoms with Gasteiger partial charge < -0.3 is 9.64 Å². The fourth-order valence-electron chi connectivity index (χ4n) is 3.11. The topological polar surface area (TPSA) is 29.5 Å². The molecule has 1 saturated heterocycles. The van der Waals surface area contributed by atoms with Crippen molar-refractivity contribution in [3.63, 3.8) is 0 Å². The molecule has 3 rings (SSSR count). The average molecular weight is 371 g/mol. The van der Waals surface area contributed by atoms with Crippen molar-refractivity contribution >= 4 is 34.2 Å². The minimum atomic E-state index is -0.240. The van der Waals surface area contributed by atoms with Gasteiger partial charge in [-0.1, -0.05) is 6.92 Å². The second-order valence-electron chi connectivity index (χ2n) is 5.90. The van der Waals surface area contributed by atoms with E-state index >= 15 is 0 Å². The third-order valence-electron chi connectivity index (χ3n) is 4.64. The van der Waals surface area contributed by atoms with Crippen LogP contribution in [0.5, 0.6) is 0 Å². The molecule has 0 radical (unpaired) electrons. The smallest absolute Gasteiger partial charge is 0.339 e. The molecular weight excluding hydrogens is 353 g/mol. The van der Waals surface area contributed by atoms with Crippen molar-refractivity contribution in [2.45, 2.75) is 19.8 Å². The summed E-state index contributed by atoms with van der Waals surface area (Å²) >= 11 is 2.29. The third-order valence-corrected chi connectivity index (χ3v) is 5.31. The number of rotatable bonds is 2. The van der Waals surface area contributed by atoms with E-state index < -0.39 is 0 Å². The Morgan fingerprint density at radius 1 is 1.53 bits per heavy atom. The fraction of sp³-hybridized carbons (Fsp3) is 0.533. The first-order valence-electron chi connectivity index (χ1n) is 6.66. The molecule has 102 valence electrons. The van der Waals surface area contributed by atoms with Crippen LogP contribution in [-0.4, -0.2) is 26.2 Å². The molecule has 1 heterocycles. The van der Waals surface area contributed by atoms with Gasteiger partial charge in [0.15, 0.2) is 0 Å². The summed E-state index contributed by atoms with van der Waals surface area (Å²) in [7, 11) is 1.44. The van der Waals surface area contributed by atoms with Gasteiger partial charge in [0, 0.05) is 16.7 Å². The minimum Gasteiger partial charge on any atom is -0.465 e. The number of ether oxygens (including phenoxy) is 1. The summed E-state index contributed by atoms with van der Waals surface area (Å²) in [6.07, 6.45) is 2.56. The molecular formula is C15H18INO2. The molecule has 1 aromatic carbocycles. The Morgan fingerprint density at radius 2 is 2.32 bits per heavy atom. The summed E-state index contributed by atoms with van der Waals surface area (Å²) in [4.78, 5) is 14.2. The molecule has 0 spiro atoms. The van der Waals surface area contributed by atoms with Crippen molar-refractivity contribution in [3.05, 3.63) is 27.3 Å². The highest BCUT2D eigenvalue weighted by molar-refractivity contribution is 14.1. The van der Waals surface area contributed by atoms with E-state index in [1.165, 1.54) is 20.0 Å². The lowest BCUT2D eigenvalue weighted by Gasteiger charge is -2.32. The van der Waals surface area contributed by atoms with Gasteiger partial charge in [0.05, 0.1) is 18.4 Å². The van der Waals surface area contributed by atoms with E-state index in [-0.39, 0.29) is 5.97 Å². The predicted octanol–water partition coefficient (Wildman–Crippen LogP) is 3.31. The molecule has 0 N–H and O–H groups in total. The standard InChI is InChI=1S/C15H18INO2/c1-15-5-6-17(9-10(15)8-15)13-7-11(16)3-4-12(13)14(18)19-2/h3-4,7,10H,5-6,8-9H2,1-2H3. The van der Waals surface area contributed by atoms with E-state index in [0.29, 0.717) is 11.0 Å². The first kappa shape index (κ1) is 13.2. The van der Waals surface area contributed by atoms with E-state index in [0.717, 1.165) is 28.3 Å². The molecule has 1 saturated carbocycles. The van der Waals surface area contributed by atoms with Gasteiger partial charge in [-0.25, -0.2) is 4.79 Å². The lowest BCUT2D eigenvalue weighted by Crippen LogP contribution is -2.35. The van der Waals surface area contributed by atoms with Crippen LogP contribution >= 0.6 is 22.6 Å². The summed E-state index contributed by atoms with van der Waals surface area (Å²) in [6.45, 7) is 4.49. The quantitative estimate of drug-likeness (QED) is 0.590. The normalized spacial score (nSPS) is 28.8. The Balaban J connectivity index is 1.91. The molecule has 2 fully saturated rings. The Bertz CT molecular complexity index is 531. The van der Waals surface area contributed by atoms with Crippen molar-refractivity contribution in [1.29, 1.82) is 0 Å². The van der Waals surface area contributed by atoms with E-state index in [2.05, 4.69) is 40.5 Å². The van der Waals surface area contributed by atoms with Crippen molar-refractivity contribution in [2.24, 2.45) is 11.3 Å². The zero-order valence-electron chi connectivity index (χ0n) is 11.3. The van der Waals surface area contributed by atoms with Crippen molar-refractivity contribution in [2.75, 3.05) is 25.1 Å². The zero-order chi connectivity index (χ0) is 13.6. The maximum atomic E-state index is 11.9. The fourth-order valence-corrected chi connectivity index (χ4v) is 3.59. The number of esters is 1. The number of halogens is 1. The molecule has 19 heavy (non-hydrogen) atoms. The lowest BCUT2D eigenvalue weighted by molar-refractivity contribution is 0.0601. The summed E-state index contributed by atoms with van der Waals surface area (Å²) in [5, 5.41) is 0. The van der Waals surface area contributed by atoms with Crippen LogP contribution in [0, 0.1) is 14.9 Å². The van der Waals surface area contributed by atoms with Crippen LogP contribution in [-0.2, 0) is 4.74 Å². The lowest BCUT2D eigenvalue weighted by atomic mass is 9.97. The van der Waals surface area contributed by atoms with Crippen LogP contribution in [0.4, 0.5) is 5.69 Å². The summed E-state index contributed by atoms with van der Waals surface area (Å²) in [6, 6.07) is 5.93. The molecule has 0 aromatic heterocycles.